The van der Waals surface area contributed by atoms with Crippen LogP contribution in [0.2, 0.25) is 4.34 Å². The van der Waals surface area contributed by atoms with Gasteiger partial charge in [-0.1, -0.05) is 24.6 Å². The van der Waals surface area contributed by atoms with E-state index in [-0.39, 0.29) is 0 Å². The van der Waals surface area contributed by atoms with Crippen molar-refractivity contribution in [2.24, 2.45) is 0 Å². The molecule has 0 aliphatic heterocycles. The predicted molar refractivity (Wildman–Crippen MR) is 78.3 cm³/mol. The SMILES string of the molecule is CCNC(CCc1ccccn1)c1ccc(Cl)s1. The highest BCUT2D eigenvalue weighted by molar-refractivity contribution is 7.16. The third kappa shape index (κ3) is 3.80. The molecule has 2 nitrogen and oxygen atoms in total. The van der Waals surface area contributed by atoms with E-state index >= 15 is 0 Å². The highest BCUT2D eigenvalue weighted by Gasteiger charge is 2.12. The summed E-state index contributed by atoms with van der Waals surface area (Å²) in [4.78, 5) is 5.66. The lowest BCUT2D eigenvalue weighted by Gasteiger charge is -2.15. The minimum absolute atomic E-state index is 0.370. The van der Waals surface area contributed by atoms with Crippen molar-refractivity contribution < 1.29 is 0 Å². The molecule has 0 saturated heterocycles. The molecule has 1 N–H and O–H groups in total. The fourth-order valence-corrected chi connectivity index (χ4v) is 3.12. The molecule has 2 heterocycles. The number of nitrogens with zero attached hydrogens (tertiary/aromatic N) is 1. The van der Waals surface area contributed by atoms with Crippen LogP contribution in [0.5, 0.6) is 0 Å². The molecule has 2 rings (SSSR count). The standard InChI is InChI=1S/C14H17ClN2S/c1-2-16-12(13-8-9-14(15)18-13)7-6-11-5-3-4-10-17-11/h3-5,8-10,12,16H,2,6-7H2,1H3. The van der Waals surface area contributed by atoms with Crippen LogP contribution in [0, 0.1) is 0 Å². The zero-order chi connectivity index (χ0) is 12.8. The van der Waals surface area contributed by atoms with Crippen molar-refractivity contribution >= 4 is 22.9 Å². The number of hydrogen-bond acceptors (Lipinski definition) is 3. The van der Waals surface area contributed by atoms with Gasteiger partial charge >= 0.3 is 0 Å². The quantitative estimate of drug-likeness (QED) is 0.862. The lowest BCUT2D eigenvalue weighted by Crippen LogP contribution is -2.20. The summed E-state index contributed by atoms with van der Waals surface area (Å²) >= 11 is 7.65. The van der Waals surface area contributed by atoms with Crippen LogP contribution < -0.4 is 5.32 Å². The van der Waals surface area contributed by atoms with Crippen molar-refractivity contribution in [2.45, 2.75) is 25.8 Å². The van der Waals surface area contributed by atoms with E-state index in [1.165, 1.54) is 4.88 Å². The predicted octanol–water partition coefficient (Wildman–Crippen LogP) is 4.08. The van der Waals surface area contributed by atoms with E-state index in [0.717, 1.165) is 29.4 Å². The van der Waals surface area contributed by atoms with Gasteiger partial charge in [-0.25, -0.2) is 0 Å². The maximum absolute atomic E-state index is 6.00. The van der Waals surface area contributed by atoms with Gasteiger partial charge in [0.1, 0.15) is 0 Å². The first kappa shape index (κ1) is 13.5. The number of aromatic nitrogens is 1. The van der Waals surface area contributed by atoms with Gasteiger partial charge in [0.25, 0.3) is 0 Å². The highest BCUT2D eigenvalue weighted by Crippen LogP contribution is 2.29. The van der Waals surface area contributed by atoms with Gasteiger partial charge in [0.2, 0.25) is 0 Å². The molecule has 18 heavy (non-hydrogen) atoms. The van der Waals surface area contributed by atoms with Crippen LogP contribution in [0.25, 0.3) is 0 Å². The number of thiophene rings is 1. The Balaban J connectivity index is 1.98. The second-order valence-corrected chi connectivity index (χ2v) is 5.86. The van der Waals surface area contributed by atoms with Crippen molar-refractivity contribution in [3.8, 4) is 0 Å². The third-order valence-electron chi connectivity index (χ3n) is 2.80. The molecule has 96 valence electrons. The Labute approximate surface area is 117 Å². The maximum atomic E-state index is 6.00. The van der Waals surface area contributed by atoms with E-state index in [4.69, 9.17) is 11.6 Å². The molecular formula is C14H17ClN2S. The zero-order valence-corrected chi connectivity index (χ0v) is 12.0. The molecule has 0 aliphatic rings. The number of aryl methyl sites for hydroxylation is 1. The number of rotatable bonds is 6. The Morgan fingerprint density at radius 1 is 1.33 bits per heavy atom. The molecule has 0 radical (unpaired) electrons. The van der Waals surface area contributed by atoms with E-state index in [2.05, 4.69) is 29.4 Å². The smallest absolute Gasteiger partial charge is 0.0931 e. The summed E-state index contributed by atoms with van der Waals surface area (Å²) in [6.07, 6.45) is 3.87. The molecule has 0 spiro atoms. The first-order chi connectivity index (χ1) is 8.79. The van der Waals surface area contributed by atoms with Gasteiger partial charge in [0, 0.05) is 22.8 Å². The van der Waals surface area contributed by atoms with E-state index in [1.807, 2.05) is 24.4 Å². The summed E-state index contributed by atoms with van der Waals surface area (Å²) in [5.74, 6) is 0. The fraction of sp³-hybridized carbons (Fsp3) is 0.357. The van der Waals surface area contributed by atoms with E-state index < -0.39 is 0 Å². The Morgan fingerprint density at radius 2 is 2.22 bits per heavy atom. The van der Waals surface area contributed by atoms with Gasteiger partial charge in [0.05, 0.1) is 4.34 Å². The number of halogens is 1. The van der Waals surface area contributed by atoms with Gasteiger partial charge in [0.15, 0.2) is 0 Å². The van der Waals surface area contributed by atoms with E-state index in [0.29, 0.717) is 6.04 Å². The van der Waals surface area contributed by atoms with Crippen LogP contribution in [0.3, 0.4) is 0 Å². The molecule has 4 heteroatoms. The Morgan fingerprint density at radius 3 is 2.83 bits per heavy atom. The summed E-state index contributed by atoms with van der Waals surface area (Å²) < 4.78 is 0.853. The molecule has 0 amide bonds. The summed E-state index contributed by atoms with van der Waals surface area (Å²) in [6, 6.07) is 10.5. The first-order valence-corrected chi connectivity index (χ1v) is 7.37. The molecule has 1 atom stereocenters. The largest absolute Gasteiger partial charge is 0.310 e. The lowest BCUT2D eigenvalue weighted by molar-refractivity contribution is 0.520. The summed E-state index contributed by atoms with van der Waals surface area (Å²) in [5.41, 5.74) is 1.14. The minimum atomic E-state index is 0.370. The van der Waals surface area contributed by atoms with Crippen molar-refractivity contribution in [3.63, 3.8) is 0 Å². The number of pyridine rings is 1. The van der Waals surface area contributed by atoms with E-state index in [1.54, 1.807) is 11.3 Å². The zero-order valence-electron chi connectivity index (χ0n) is 10.4. The summed E-state index contributed by atoms with van der Waals surface area (Å²) in [7, 11) is 0. The van der Waals surface area contributed by atoms with Gasteiger partial charge in [-0.2, -0.15) is 0 Å². The molecule has 1 unspecified atom stereocenters. The summed E-state index contributed by atoms with van der Waals surface area (Å²) in [5, 5.41) is 3.51. The second-order valence-electron chi connectivity index (χ2n) is 4.11. The van der Waals surface area contributed by atoms with Crippen LogP contribution in [-0.2, 0) is 6.42 Å². The van der Waals surface area contributed by atoms with Crippen molar-refractivity contribution in [1.82, 2.24) is 10.3 Å². The number of hydrogen-bond donors (Lipinski definition) is 1. The van der Waals surface area contributed by atoms with Gasteiger partial charge in [-0.05, 0) is 43.7 Å². The highest BCUT2D eigenvalue weighted by atomic mass is 35.5. The average Bonchev–Trinajstić information content (AvgIpc) is 2.82. The Hall–Kier alpha value is -0.900. The van der Waals surface area contributed by atoms with Crippen LogP contribution in [-0.4, -0.2) is 11.5 Å². The van der Waals surface area contributed by atoms with Crippen LogP contribution >= 0.6 is 22.9 Å². The molecule has 0 aliphatic carbocycles. The van der Waals surface area contributed by atoms with Gasteiger partial charge in [-0.3, -0.25) is 4.98 Å². The molecule has 0 fully saturated rings. The molecule has 0 bridgehead atoms. The van der Waals surface area contributed by atoms with Crippen molar-refractivity contribution in [2.75, 3.05) is 6.54 Å². The van der Waals surface area contributed by atoms with Gasteiger partial charge in [-0.15, -0.1) is 11.3 Å². The molecular weight excluding hydrogens is 264 g/mol. The molecule has 0 aromatic carbocycles. The second kappa shape index (κ2) is 6.88. The van der Waals surface area contributed by atoms with E-state index in [9.17, 15) is 0 Å². The number of nitrogens with one attached hydrogen (secondary N) is 1. The lowest BCUT2D eigenvalue weighted by atomic mass is 10.1. The normalized spacial score (nSPS) is 12.6. The van der Waals surface area contributed by atoms with Crippen molar-refractivity contribution in [1.29, 1.82) is 0 Å². The molecule has 0 saturated carbocycles. The maximum Gasteiger partial charge on any atom is 0.0931 e. The summed E-state index contributed by atoms with van der Waals surface area (Å²) in [6.45, 7) is 3.09. The fourth-order valence-electron chi connectivity index (χ4n) is 1.95. The van der Waals surface area contributed by atoms with Crippen LogP contribution in [0.1, 0.15) is 30.0 Å². The Kier molecular flexibility index (Phi) is 5.17. The molecule has 2 aromatic heterocycles. The van der Waals surface area contributed by atoms with Crippen LogP contribution in [0.4, 0.5) is 0 Å². The van der Waals surface area contributed by atoms with Crippen LogP contribution in [0.15, 0.2) is 36.5 Å². The molecule has 2 aromatic rings. The topological polar surface area (TPSA) is 24.9 Å². The van der Waals surface area contributed by atoms with Crippen molar-refractivity contribution in [3.05, 3.63) is 51.4 Å². The Bertz CT molecular complexity index is 470. The minimum Gasteiger partial charge on any atom is -0.310 e. The van der Waals surface area contributed by atoms with Gasteiger partial charge < -0.3 is 5.32 Å². The average molecular weight is 281 g/mol. The first-order valence-electron chi connectivity index (χ1n) is 6.18. The third-order valence-corrected chi connectivity index (χ3v) is 4.15. The monoisotopic (exact) mass is 280 g/mol.